The Morgan fingerprint density at radius 2 is 1.91 bits per heavy atom. The van der Waals surface area contributed by atoms with Crippen LogP contribution in [0.5, 0.6) is 0 Å². The first-order valence-electron chi connectivity index (χ1n) is 10.9. The lowest BCUT2D eigenvalue weighted by molar-refractivity contribution is -0.123. The molecule has 2 fully saturated rings. The molecule has 8 heteroatoms. The van der Waals surface area contributed by atoms with E-state index >= 15 is 0 Å². The van der Waals surface area contributed by atoms with Crippen LogP contribution in [0, 0.1) is 5.82 Å². The second kappa shape index (κ2) is 9.38. The number of amides is 2. The first-order chi connectivity index (χ1) is 15.5. The van der Waals surface area contributed by atoms with Gasteiger partial charge in [0.25, 0.3) is 5.91 Å². The minimum absolute atomic E-state index is 0.0957. The fourth-order valence-electron chi connectivity index (χ4n) is 4.00. The van der Waals surface area contributed by atoms with E-state index in [4.69, 9.17) is 0 Å². The Bertz CT molecular complexity index is 1020. The third kappa shape index (κ3) is 4.90. The van der Waals surface area contributed by atoms with Crippen molar-refractivity contribution in [3.8, 4) is 0 Å². The van der Waals surface area contributed by atoms with Crippen LogP contribution in [0.15, 0.2) is 53.5 Å². The highest BCUT2D eigenvalue weighted by molar-refractivity contribution is 5.97. The number of nitrogens with zero attached hydrogens (tertiary/aromatic N) is 2. The predicted octanol–water partition coefficient (Wildman–Crippen LogP) is 1.79. The summed E-state index contributed by atoms with van der Waals surface area (Å²) in [6.07, 6.45) is 1.90. The summed E-state index contributed by atoms with van der Waals surface area (Å²) in [4.78, 5) is 29.9. The van der Waals surface area contributed by atoms with Gasteiger partial charge in [0.1, 0.15) is 5.82 Å². The number of nitrogens with one attached hydrogen (secondary N) is 3. The number of halogens is 1. The van der Waals surface area contributed by atoms with Crippen LogP contribution in [0.2, 0.25) is 0 Å². The average molecular weight is 438 g/mol. The molecule has 0 atom stereocenters. The fourth-order valence-corrected chi connectivity index (χ4v) is 4.00. The monoisotopic (exact) mass is 437 g/mol. The number of carbonyl (C=O) groups excluding carboxylic acids is 2. The maximum absolute atomic E-state index is 14.2. The Balaban J connectivity index is 1.29. The molecule has 2 aromatic carbocycles. The largest absolute Gasteiger partial charge is 0.356 e. The number of aliphatic imine (C=N–C) groups is 1. The van der Waals surface area contributed by atoms with E-state index in [1.165, 1.54) is 6.07 Å². The summed E-state index contributed by atoms with van der Waals surface area (Å²) in [7, 11) is 1.70. The summed E-state index contributed by atoms with van der Waals surface area (Å²) in [5.41, 5.74) is 2.15. The Kier molecular flexibility index (Phi) is 6.39. The van der Waals surface area contributed by atoms with Crippen LogP contribution in [-0.4, -0.2) is 55.9 Å². The number of piperazine rings is 1. The number of hydrogen-bond donors (Lipinski definition) is 3. The van der Waals surface area contributed by atoms with Gasteiger partial charge >= 0.3 is 0 Å². The second-order valence-electron chi connectivity index (χ2n) is 8.31. The van der Waals surface area contributed by atoms with E-state index in [2.05, 4.69) is 20.9 Å². The molecule has 32 heavy (non-hydrogen) atoms. The molecule has 2 aromatic rings. The van der Waals surface area contributed by atoms with Crippen LogP contribution in [0.25, 0.3) is 0 Å². The van der Waals surface area contributed by atoms with Crippen molar-refractivity contribution in [2.24, 2.45) is 4.99 Å². The van der Waals surface area contributed by atoms with E-state index in [9.17, 15) is 14.0 Å². The Labute approximate surface area is 187 Å². The highest BCUT2D eigenvalue weighted by atomic mass is 19.1. The van der Waals surface area contributed by atoms with Gasteiger partial charge in [-0.3, -0.25) is 14.6 Å². The Hall–Kier alpha value is -3.42. The van der Waals surface area contributed by atoms with E-state index in [1.54, 1.807) is 30.1 Å². The molecule has 0 spiro atoms. The van der Waals surface area contributed by atoms with E-state index in [-0.39, 0.29) is 29.6 Å². The molecule has 3 N–H and O–H groups in total. The lowest BCUT2D eigenvalue weighted by Crippen LogP contribution is -2.49. The van der Waals surface area contributed by atoms with Crippen LogP contribution < -0.4 is 16.0 Å². The topological polar surface area (TPSA) is 85.8 Å². The summed E-state index contributed by atoms with van der Waals surface area (Å²) >= 11 is 0. The highest BCUT2D eigenvalue weighted by Crippen LogP contribution is 2.48. The molecule has 1 aliphatic carbocycles. The lowest BCUT2D eigenvalue weighted by atomic mass is 9.95. The van der Waals surface area contributed by atoms with Crippen molar-refractivity contribution in [3.63, 3.8) is 0 Å². The SMILES string of the molecule is CN=C(NCc1ccc(C(=O)N2CCNC(=O)C2)cc1)NCC1(c2ccccc2F)CC1. The van der Waals surface area contributed by atoms with E-state index < -0.39 is 0 Å². The zero-order valence-corrected chi connectivity index (χ0v) is 18.2. The Morgan fingerprint density at radius 3 is 2.56 bits per heavy atom. The highest BCUT2D eigenvalue weighted by Gasteiger charge is 2.45. The van der Waals surface area contributed by atoms with Crippen molar-refractivity contribution >= 4 is 17.8 Å². The summed E-state index contributed by atoms with van der Waals surface area (Å²) in [5.74, 6) is 0.216. The molecule has 1 saturated carbocycles. The predicted molar refractivity (Wildman–Crippen MR) is 121 cm³/mol. The van der Waals surface area contributed by atoms with Crippen LogP contribution >= 0.6 is 0 Å². The zero-order chi connectivity index (χ0) is 22.6. The molecule has 1 heterocycles. The molecule has 0 bridgehead atoms. The van der Waals surface area contributed by atoms with E-state index in [0.717, 1.165) is 24.0 Å². The quantitative estimate of drug-likeness (QED) is 0.475. The normalized spacial score (nSPS) is 17.5. The van der Waals surface area contributed by atoms with Crippen molar-refractivity contribution in [1.82, 2.24) is 20.9 Å². The molecule has 2 amide bonds. The number of carbonyl (C=O) groups is 2. The van der Waals surface area contributed by atoms with Crippen LogP contribution in [0.3, 0.4) is 0 Å². The molecule has 1 saturated heterocycles. The van der Waals surface area contributed by atoms with Crippen LogP contribution in [0.4, 0.5) is 4.39 Å². The maximum Gasteiger partial charge on any atom is 0.254 e. The van der Waals surface area contributed by atoms with Gasteiger partial charge in [0.2, 0.25) is 5.91 Å². The fraction of sp³-hybridized carbons (Fsp3) is 0.375. The van der Waals surface area contributed by atoms with Crippen molar-refractivity contribution in [2.45, 2.75) is 24.8 Å². The van der Waals surface area contributed by atoms with Crippen molar-refractivity contribution < 1.29 is 14.0 Å². The number of guanidine groups is 1. The van der Waals surface area contributed by atoms with E-state index in [0.29, 0.717) is 37.7 Å². The molecule has 4 rings (SSSR count). The van der Waals surface area contributed by atoms with Gasteiger partial charge in [0.05, 0.1) is 6.54 Å². The van der Waals surface area contributed by atoms with Crippen molar-refractivity contribution in [1.29, 1.82) is 0 Å². The third-order valence-corrected chi connectivity index (χ3v) is 6.10. The molecule has 0 radical (unpaired) electrons. The summed E-state index contributed by atoms with van der Waals surface area (Å²) in [5, 5.41) is 9.30. The Morgan fingerprint density at radius 1 is 1.16 bits per heavy atom. The lowest BCUT2D eigenvalue weighted by Gasteiger charge is -2.26. The minimum atomic E-state index is -0.170. The second-order valence-corrected chi connectivity index (χ2v) is 8.31. The van der Waals surface area contributed by atoms with Crippen molar-refractivity contribution in [2.75, 3.05) is 33.2 Å². The molecule has 0 unspecified atom stereocenters. The van der Waals surface area contributed by atoms with E-state index in [1.807, 2.05) is 24.3 Å². The number of benzene rings is 2. The van der Waals surface area contributed by atoms with Gasteiger partial charge in [-0.15, -0.1) is 0 Å². The van der Waals surface area contributed by atoms with Crippen LogP contribution in [0.1, 0.15) is 34.3 Å². The smallest absolute Gasteiger partial charge is 0.254 e. The molecule has 1 aliphatic heterocycles. The zero-order valence-electron chi connectivity index (χ0n) is 18.2. The molecule has 168 valence electrons. The van der Waals surface area contributed by atoms with Gasteiger partial charge in [-0.2, -0.15) is 0 Å². The molecule has 7 nitrogen and oxygen atoms in total. The standard InChI is InChI=1S/C24H28FN5O2/c1-26-23(29-16-24(10-11-24)19-4-2-3-5-20(19)25)28-14-17-6-8-18(9-7-17)22(32)30-13-12-27-21(31)15-30/h2-9H,10-16H2,1H3,(H,27,31)(H2,26,28,29). The van der Waals surface area contributed by atoms with Gasteiger partial charge in [0.15, 0.2) is 5.96 Å². The van der Waals surface area contributed by atoms with Crippen molar-refractivity contribution in [3.05, 3.63) is 71.0 Å². The minimum Gasteiger partial charge on any atom is -0.356 e. The van der Waals surface area contributed by atoms with Crippen LogP contribution in [-0.2, 0) is 16.8 Å². The molecule has 2 aliphatic rings. The molecule has 0 aromatic heterocycles. The third-order valence-electron chi connectivity index (χ3n) is 6.10. The van der Waals surface area contributed by atoms with Gasteiger partial charge in [-0.1, -0.05) is 30.3 Å². The van der Waals surface area contributed by atoms with Gasteiger partial charge in [-0.05, 0) is 42.2 Å². The maximum atomic E-state index is 14.2. The molecular formula is C24H28FN5O2. The van der Waals surface area contributed by atoms with Gasteiger partial charge < -0.3 is 20.9 Å². The summed E-state index contributed by atoms with van der Waals surface area (Å²) in [6, 6.07) is 14.3. The summed E-state index contributed by atoms with van der Waals surface area (Å²) in [6.45, 7) is 2.25. The first kappa shape index (κ1) is 21.8. The first-order valence-corrected chi connectivity index (χ1v) is 10.9. The summed E-state index contributed by atoms with van der Waals surface area (Å²) < 4.78 is 14.2. The number of hydrogen-bond acceptors (Lipinski definition) is 3. The number of rotatable bonds is 6. The van der Waals surface area contributed by atoms with Gasteiger partial charge in [0, 0.05) is 44.2 Å². The molecular weight excluding hydrogens is 409 g/mol. The van der Waals surface area contributed by atoms with Gasteiger partial charge in [-0.25, -0.2) is 4.39 Å². The average Bonchev–Trinajstić information content (AvgIpc) is 3.60.